The van der Waals surface area contributed by atoms with Gasteiger partial charge in [0.25, 0.3) is 0 Å². The smallest absolute Gasteiger partial charge is 0.247 e. The van der Waals surface area contributed by atoms with E-state index in [9.17, 15) is 4.79 Å². The first-order chi connectivity index (χ1) is 9.53. The number of carbonyl (C=O) groups is 1. The summed E-state index contributed by atoms with van der Waals surface area (Å²) in [5.74, 6) is 0.266. The highest BCUT2D eigenvalue weighted by Gasteiger charge is 2.49. The van der Waals surface area contributed by atoms with Crippen LogP contribution in [0.5, 0.6) is 0 Å². The SMILES string of the molecule is CC1(C)CN(c2ccccc2)C(=O)C2(CCCCC2)N1. The molecule has 1 aromatic rings. The van der Waals surface area contributed by atoms with Crippen molar-refractivity contribution in [3.05, 3.63) is 30.3 Å². The highest BCUT2D eigenvalue weighted by atomic mass is 16.2. The first-order valence-electron chi connectivity index (χ1n) is 7.69. The molecule has 3 rings (SSSR count). The lowest BCUT2D eigenvalue weighted by atomic mass is 9.76. The van der Waals surface area contributed by atoms with E-state index in [1.807, 2.05) is 35.2 Å². The van der Waals surface area contributed by atoms with Crippen LogP contribution in [0.3, 0.4) is 0 Å². The number of benzene rings is 1. The minimum absolute atomic E-state index is 0.0406. The molecule has 0 atom stereocenters. The quantitative estimate of drug-likeness (QED) is 0.852. The van der Waals surface area contributed by atoms with E-state index in [1.165, 1.54) is 6.42 Å². The molecular weight excluding hydrogens is 248 g/mol. The van der Waals surface area contributed by atoms with Gasteiger partial charge in [0.15, 0.2) is 0 Å². The van der Waals surface area contributed by atoms with Crippen molar-refractivity contribution in [1.82, 2.24) is 5.32 Å². The minimum atomic E-state index is -0.337. The van der Waals surface area contributed by atoms with Crippen molar-refractivity contribution >= 4 is 11.6 Å². The van der Waals surface area contributed by atoms with Gasteiger partial charge >= 0.3 is 0 Å². The zero-order valence-corrected chi connectivity index (χ0v) is 12.5. The van der Waals surface area contributed by atoms with Gasteiger partial charge in [-0.2, -0.15) is 0 Å². The summed E-state index contributed by atoms with van der Waals surface area (Å²) in [6.07, 6.45) is 5.49. The fourth-order valence-electron chi connectivity index (χ4n) is 3.78. The maximum absolute atomic E-state index is 13.1. The Kier molecular flexibility index (Phi) is 3.33. The van der Waals surface area contributed by atoms with E-state index >= 15 is 0 Å². The zero-order chi connectivity index (χ0) is 14.2. The number of hydrogen-bond acceptors (Lipinski definition) is 2. The van der Waals surface area contributed by atoms with Gasteiger partial charge in [0.1, 0.15) is 0 Å². The largest absolute Gasteiger partial charge is 0.309 e. The molecule has 1 amide bonds. The summed E-state index contributed by atoms with van der Waals surface area (Å²) in [6, 6.07) is 10.1. The zero-order valence-electron chi connectivity index (χ0n) is 12.5. The molecule has 108 valence electrons. The molecule has 0 aromatic heterocycles. The van der Waals surface area contributed by atoms with Crippen LogP contribution in [0.1, 0.15) is 46.0 Å². The Morgan fingerprint density at radius 1 is 1.05 bits per heavy atom. The molecule has 2 fully saturated rings. The Balaban J connectivity index is 1.96. The molecule has 1 spiro atoms. The number of hydrogen-bond donors (Lipinski definition) is 1. The van der Waals surface area contributed by atoms with Gasteiger partial charge in [-0.05, 0) is 38.8 Å². The first kappa shape index (κ1) is 13.6. The third-order valence-electron chi connectivity index (χ3n) is 4.56. The van der Waals surface area contributed by atoms with Crippen LogP contribution in [-0.4, -0.2) is 23.5 Å². The number of anilines is 1. The van der Waals surface area contributed by atoms with Gasteiger partial charge in [-0.15, -0.1) is 0 Å². The minimum Gasteiger partial charge on any atom is -0.309 e. The van der Waals surface area contributed by atoms with Crippen molar-refractivity contribution in [3.8, 4) is 0 Å². The first-order valence-corrected chi connectivity index (χ1v) is 7.69. The summed E-state index contributed by atoms with van der Waals surface area (Å²) < 4.78 is 0. The summed E-state index contributed by atoms with van der Waals surface area (Å²) >= 11 is 0. The summed E-state index contributed by atoms with van der Waals surface area (Å²) in [7, 11) is 0. The Hall–Kier alpha value is -1.35. The van der Waals surface area contributed by atoms with Crippen molar-refractivity contribution in [3.63, 3.8) is 0 Å². The fourth-order valence-corrected chi connectivity index (χ4v) is 3.78. The molecule has 1 N–H and O–H groups in total. The summed E-state index contributed by atoms with van der Waals surface area (Å²) in [4.78, 5) is 15.0. The molecule has 0 radical (unpaired) electrons. The van der Waals surface area contributed by atoms with Crippen LogP contribution in [0.2, 0.25) is 0 Å². The van der Waals surface area contributed by atoms with E-state index in [0.717, 1.165) is 37.9 Å². The standard InChI is InChI=1S/C17H24N2O/c1-16(2)13-19(14-9-5-3-6-10-14)15(20)17(18-16)11-7-4-8-12-17/h3,5-6,9-10,18H,4,7-8,11-13H2,1-2H3. The Morgan fingerprint density at radius 3 is 2.35 bits per heavy atom. The summed E-state index contributed by atoms with van der Waals surface area (Å²) in [5, 5.41) is 3.67. The van der Waals surface area contributed by atoms with Crippen LogP contribution < -0.4 is 10.2 Å². The lowest BCUT2D eigenvalue weighted by molar-refractivity contribution is -0.129. The second-order valence-electron chi connectivity index (χ2n) is 6.88. The van der Waals surface area contributed by atoms with Crippen LogP contribution in [0.15, 0.2) is 30.3 Å². The van der Waals surface area contributed by atoms with Crippen molar-refractivity contribution in [2.45, 2.75) is 57.0 Å². The summed E-state index contributed by atoms with van der Waals surface area (Å²) in [6.45, 7) is 5.13. The van der Waals surface area contributed by atoms with E-state index < -0.39 is 0 Å². The fraction of sp³-hybridized carbons (Fsp3) is 0.588. The van der Waals surface area contributed by atoms with Crippen LogP contribution in [0.4, 0.5) is 5.69 Å². The van der Waals surface area contributed by atoms with E-state index in [1.54, 1.807) is 0 Å². The number of para-hydroxylation sites is 1. The molecule has 1 saturated carbocycles. The molecule has 20 heavy (non-hydrogen) atoms. The third kappa shape index (κ3) is 2.35. The highest BCUT2D eigenvalue weighted by molar-refractivity contribution is 6.01. The van der Waals surface area contributed by atoms with Crippen LogP contribution in [0.25, 0.3) is 0 Å². The molecule has 3 nitrogen and oxygen atoms in total. The lowest BCUT2D eigenvalue weighted by Crippen LogP contribution is -2.72. The maximum Gasteiger partial charge on any atom is 0.247 e. The predicted octanol–water partition coefficient (Wildman–Crippen LogP) is 3.10. The maximum atomic E-state index is 13.1. The van der Waals surface area contributed by atoms with E-state index in [2.05, 4.69) is 19.2 Å². The third-order valence-corrected chi connectivity index (χ3v) is 4.56. The molecule has 1 heterocycles. The monoisotopic (exact) mass is 272 g/mol. The second-order valence-corrected chi connectivity index (χ2v) is 6.88. The predicted molar refractivity (Wildman–Crippen MR) is 81.8 cm³/mol. The van der Waals surface area contributed by atoms with Crippen LogP contribution in [-0.2, 0) is 4.79 Å². The van der Waals surface area contributed by atoms with Crippen molar-refractivity contribution in [1.29, 1.82) is 0 Å². The number of carbonyl (C=O) groups excluding carboxylic acids is 1. The average molecular weight is 272 g/mol. The Bertz CT molecular complexity index is 489. The van der Waals surface area contributed by atoms with Crippen molar-refractivity contribution < 1.29 is 4.79 Å². The normalized spacial score (nSPS) is 24.9. The number of nitrogens with one attached hydrogen (secondary N) is 1. The van der Waals surface area contributed by atoms with Gasteiger partial charge in [-0.25, -0.2) is 0 Å². The van der Waals surface area contributed by atoms with Gasteiger partial charge in [0.2, 0.25) is 5.91 Å². The van der Waals surface area contributed by atoms with Crippen molar-refractivity contribution in [2.75, 3.05) is 11.4 Å². The van der Waals surface area contributed by atoms with Gasteiger partial charge in [-0.1, -0.05) is 37.5 Å². The lowest BCUT2D eigenvalue weighted by Gasteiger charge is -2.51. The van der Waals surface area contributed by atoms with E-state index in [4.69, 9.17) is 0 Å². The molecule has 2 aliphatic rings. The van der Waals surface area contributed by atoms with E-state index in [-0.39, 0.29) is 17.0 Å². The molecule has 0 unspecified atom stereocenters. The molecule has 0 bridgehead atoms. The summed E-state index contributed by atoms with van der Waals surface area (Å²) in [5.41, 5.74) is 0.647. The average Bonchev–Trinajstić information content (AvgIpc) is 2.44. The number of rotatable bonds is 1. The van der Waals surface area contributed by atoms with Gasteiger partial charge in [0.05, 0.1) is 5.54 Å². The molecule has 1 saturated heterocycles. The van der Waals surface area contributed by atoms with Gasteiger partial charge in [0, 0.05) is 17.8 Å². The molecule has 3 heteroatoms. The molecular formula is C17H24N2O. The highest BCUT2D eigenvalue weighted by Crippen LogP contribution is 2.36. The molecule has 1 aromatic carbocycles. The van der Waals surface area contributed by atoms with E-state index in [0.29, 0.717) is 0 Å². The van der Waals surface area contributed by atoms with Gasteiger partial charge < -0.3 is 4.90 Å². The molecule has 1 aliphatic heterocycles. The van der Waals surface area contributed by atoms with Crippen molar-refractivity contribution in [2.24, 2.45) is 0 Å². The topological polar surface area (TPSA) is 32.3 Å². The Labute approximate surface area is 121 Å². The second kappa shape index (κ2) is 4.88. The number of piperazine rings is 1. The molecule has 1 aliphatic carbocycles. The van der Waals surface area contributed by atoms with Crippen LogP contribution >= 0.6 is 0 Å². The van der Waals surface area contributed by atoms with Crippen LogP contribution in [0, 0.1) is 0 Å². The number of amides is 1. The Morgan fingerprint density at radius 2 is 1.70 bits per heavy atom. The number of nitrogens with zero attached hydrogens (tertiary/aromatic N) is 1. The van der Waals surface area contributed by atoms with Gasteiger partial charge in [-0.3, -0.25) is 10.1 Å².